The number of hydrogen-bond acceptors (Lipinski definition) is 4. The summed E-state index contributed by atoms with van der Waals surface area (Å²) in [4.78, 5) is 11.6. The highest BCUT2D eigenvalue weighted by Gasteiger charge is 2.39. The molecule has 3 aromatic carbocycles. The molecule has 1 aliphatic heterocycles. The van der Waals surface area contributed by atoms with Crippen LogP contribution in [-0.2, 0) is 16.8 Å². The summed E-state index contributed by atoms with van der Waals surface area (Å²) in [7, 11) is 0. The molecule has 1 aliphatic rings. The van der Waals surface area contributed by atoms with E-state index < -0.39 is 5.60 Å². The van der Waals surface area contributed by atoms with E-state index in [0.717, 1.165) is 51.4 Å². The number of fused-ring (bicyclic) bond motifs is 1. The number of hydrazine groups is 1. The molecule has 1 amide bonds. The number of carbonyl (C=O) groups excluding carboxylic acids is 1. The Morgan fingerprint density at radius 2 is 1.67 bits per heavy atom. The summed E-state index contributed by atoms with van der Waals surface area (Å²) in [5.41, 5.74) is 8.92. The third-order valence-corrected chi connectivity index (χ3v) is 6.07. The second kappa shape index (κ2) is 7.41. The molecule has 0 aliphatic carbocycles. The molecule has 30 heavy (non-hydrogen) atoms. The van der Waals surface area contributed by atoms with Crippen LogP contribution in [0.1, 0.15) is 34.7 Å². The highest BCUT2D eigenvalue weighted by atomic mass is 16.5. The maximum Gasteiger partial charge on any atom is 0.232 e. The van der Waals surface area contributed by atoms with Crippen LogP contribution in [0.4, 0.5) is 11.4 Å². The van der Waals surface area contributed by atoms with Crippen molar-refractivity contribution in [3.05, 3.63) is 82.4 Å². The van der Waals surface area contributed by atoms with Crippen LogP contribution in [0.5, 0.6) is 11.5 Å². The molecule has 3 aromatic rings. The number of phenols is 1. The molecule has 5 nitrogen and oxygen atoms in total. The number of rotatable bonds is 5. The average Bonchev–Trinajstić information content (AvgIpc) is 3.14. The number of hydrogen-bond donors (Lipinski definition) is 2. The maximum absolute atomic E-state index is 11.6. The van der Waals surface area contributed by atoms with Gasteiger partial charge in [-0.25, -0.2) is 5.01 Å². The monoisotopic (exact) mass is 402 g/mol. The Hall–Kier alpha value is -3.47. The van der Waals surface area contributed by atoms with E-state index in [1.807, 2.05) is 75.4 Å². The minimum Gasteiger partial charge on any atom is -0.507 e. The highest BCUT2D eigenvalue weighted by molar-refractivity contribution is 5.78. The summed E-state index contributed by atoms with van der Waals surface area (Å²) in [6.45, 7) is 7.90. The molecular weight excluding hydrogens is 376 g/mol. The largest absolute Gasteiger partial charge is 0.507 e. The quantitative estimate of drug-likeness (QED) is 0.457. The number of anilines is 2. The fourth-order valence-corrected chi connectivity index (χ4v) is 4.06. The first-order valence-electron chi connectivity index (χ1n) is 10.0. The molecule has 0 aromatic heterocycles. The second-order valence-corrected chi connectivity index (χ2v) is 8.04. The first-order valence-corrected chi connectivity index (χ1v) is 10.0. The lowest BCUT2D eigenvalue weighted by Gasteiger charge is -2.26. The van der Waals surface area contributed by atoms with Crippen molar-refractivity contribution in [2.24, 2.45) is 0 Å². The van der Waals surface area contributed by atoms with Crippen LogP contribution in [0, 0.1) is 20.8 Å². The van der Waals surface area contributed by atoms with E-state index in [9.17, 15) is 9.90 Å². The Balaban J connectivity index is 1.60. The van der Waals surface area contributed by atoms with Crippen molar-refractivity contribution in [3.63, 3.8) is 0 Å². The fourth-order valence-electron chi connectivity index (χ4n) is 4.06. The summed E-state index contributed by atoms with van der Waals surface area (Å²) in [6.07, 6.45) is 1.44. The normalized spacial score (nSPS) is 17.2. The highest BCUT2D eigenvalue weighted by Crippen LogP contribution is 2.48. The predicted molar refractivity (Wildman–Crippen MR) is 119 cm³/mol. The molecule has 4 rings (SSSR count). The average molecular weight is 402 g/mol. The topological polar surface area (TPSA) is 61.8 Å². The molecule has 154 valence electrons. The number of ether oxygens (including phenoxy) is 1. The SMILES string of the molecule is Cc1c(C)c2c(c(C)c1O)CC(C)(c1ccc(N(C=O)Nc3ccccc3)cc1)O2. The van der Waals surface area contributed by atoms with Crippen LogP contribution in [0.3, 0.4) is 0 Å². The lowest BCUT2D eigenvalue weighted by atomic mass is 9.88. The molecule has 0 radical (unpaired) electrons. The molecular formula is C25H26N2O3. The number of nitrogens with one attached hydrogen (secondary N) is 1. The Morgan fingerprint density at radius 3 is 2.30 bits per heavy atom. The van der Waals surface area contributed by atoms with Gasteiger partial charge in [-0.05, 0) is 74.2 Å². The van der Waals surface area contributed by atoms with E-state index in [1.165, 1.54) is 5.01 Å². The summed E-state index contributed by atoms with van der Waals surface area (Å²) in [6, 6.07) is 17.3. The van der Waals surface area contributed by atoms with Crippen LogP contribution < -0.4 is 15.2 Å². The molecule has 0 bridgehead atoms. The van der Waals surface area contributed by atoms with Gasteiger partial charge in [0.05, 0.1) is 11.4 Å². The first kappa shape index (κ1) is 19.8. The van der Waals surface area contributed by atoms with Gasteiger partial charge in [-0.3, -0.25) is 10.2 Å². The van der Waals surface area contributed by atoms with Crippen molar-refractivity contribution in [2.45, 2.75) is 39.7 Å². The summed E-state index contributed by atoms with van der Waals surface area (Å²) >= 11 is 0. The van der Waals surface area contributed by atoms with Gasteiger partial charge < -0.3 is 9.84 Å². The van der Waals surface area contributed by atoms with E-state index in [4.69, 9.17) is 4.74 Å². The lowest BCUT2D eigenvalue weighted by molar-refractivity contribution is -0.107. The number of aromatic hydroxyl groups is 1. The maximum atomic E-state index is 11.6. The van der Waals surface area contributed by atoms with Crippen molar-refractivity contribution >= 4 is 17.8 Å². The molecule has 1 atom stereocenters. The van der Waals surface area contributed by atoms with Crippen molar-refractivity contribution in [1.29, 1.82) is 0 Å². The molecule has 0 spiro atoms. The minimum atomic E-state index is -0.532. The molecule has 1 heterocycles. The number of para-hydroxylation sites is 1. The Morgan fingerprint density at radius 1 is 1.00 bits per heavy atom. The smallest absolute Gasteiger partial charge is 0.232 e. The van der Waals surface area contributed by atoms with Crippen LogP contribution in [0.25, 0.3) is 0 Å². The number of phenolic OH excluding ortho intramolecular Hbond substituents is 1. The van der Waals surface area contributed by atoms with Gasteiger partial charge in [0.1, 0.15) is 17.1 Å². The molecule has 5 heteroatoms. The van der Waals surface area contributed by atoms with E-state index in [-0.39, 0.29) is 0 Å². The summed E-state index contributed by atoms with van der Waals surface area (Å²) in [5.74, 6) is 1.22. The zero-order valence-electron chi connectivity index (χ0n) is 17.7. The van der Waals surface area contributed by atoms with E-state index in [0.29, 0.717) is 12.2 Å². The standard InChI is InChI=1S/C25H26N2O3/c1-16-17(2)24-22(18(3)23(16)29)14-25(4,30-24)19-10-12-21(13-11-19)27(15-28)26-20-8-6-5-7-9-20/h5-13,15,26,29H,14H2,1-4H3. The number of benzene rings is 3. The predicted octanol–water partition coefficient (Wildman–Crippen LogP) is 5.16. The second-order valence-electron chi connectivity index (χ2n) is 8.04. The van der Waals surface area contributed by atoms with Gasteiger partial charge in [0.25, 0.3) is 0 Å². The number of nitrogens with zero attached hydrogens (tertiary/aromatic N) is 1. The van der Waals surface area contributed by atoms with Crippen molar-refractivity contribution in [3.8, 4) is 11.5 Å². The first-order chi connectivity index (χ1) is 14.3. The Labute approximate surface area is 176 Å². The molecule has 0 fully saturated rings. The number of amides is 1. The summed E-state index contributed by atoms with van der Waals surface area (Å²) < 4.78 is 6.44. The van der Waals surface area contributed by atoms with E-state index in [1.54, 1.807) is 0 Å². The van der Waals surface area contributed by atoms with Crippen molar-refractivity contribution in [1.82, 2.24) is 0 Å². The number of carbonyl (C=O) groups is 1. The van der Waals surface area contributed by atoms with Gasteiger partial charge in [-0.1, -0.05) is 30.3 Å². The summed E-state index contributed by atoms with van der Waals surface area (Å²) in [5, 5.41) is 11.9. The van der Waals surface area contributed by atoms with Gasteiger partial charge in [0.2, 0.25) is 6.41 Å². The minimum absolute atomic E-state index is 0.350. The van der Waals surface area contributed by atoms with Crippen LogP contribution in [0.2, 0.25) is 0 Å². The van der Waals surface area contributed by atoms with Gasteiger partial charge in [0, 0.05) is 12.0 Å². The molecule has 2 N–H and O–H groups in total. The van der Waals surface area contributed by atoms with Crippen molar-refractivity contribution in [2.75, 3.05) is 10.4 Å². The van der Waals surface area contributed by atoms with Gasteiger partial charge in [-0.15, -0.1) is 0 Å². The van der Waals surface area contributed by atoms with Gasteiger partial charge in [0.15, 0.2) is 0 Å². The zero-order chi connectivity index (χ0) is 21.5. The molecule has 0 saturated carbocycles. The third kappa shape index (κ3) is 3.26. The fraction of sp³-hybridized carbons (Fsp3) is 0.240. The van der Waals surface area contributed by atoms with Gasteiger partial charge >= 0.3 is 0 Å². The van der Waals surface area contributed by atoms with Crippen molar-refractivity contribution < 1.29 is 14.6 Å². The van der Waals surface area contributed by atoms with Crippen LogP contribution in [-0.4, -0.2) is 11.5 Å². The van der Waals surface area contributed by atoms with E-state index >= 15 is 0 Å². The van der Waals surface area contributed by atoms with Crippen LogP contribution in [0.15, 0.2) is 54.6 Å². The third-order valence-electron chi connectivity index (χ3n) is 6.07. The molecule has 1 unspecified atom stereocenters. The zero-order valence-corrected chi connectivity index (χ0v) is 17.7. The molecule has 0 saturated heterocycles. The van der Waals surface area contributed by atoms with Gasteiger partial charge in [-0.2, -0.15) is 0 Å². The van der Waals surface area contributed by atoms with Crippen LogP contribution >= 0.6 is 0 Å². The lowest BCUT2D eigenvalue weighted by Crippen LogP contribution is -2.29. The Kier molecular flexibility index (Phi) is 4.90. The van der Waals surface area contributed by atoms with E-state index in [2.05, 4.69) is 12.3 Å². The Bertz CT molecular complexity index is 1050.